The van der Waals surface area contributed by atoms with E-state index >= 15 is 0 Å². The lowest BCUT2D eigenvalue weighted by Crippen LogP contribution is -2.44. The molecule has 0 radical (unpaired) electrons. The predicted molar refractivity (Wildman–Crippen MR) is 82.7 cm³/mol. The molecule has 0 spiro atoms. The summed E-state index contributed by atoms with van der Waals surface area (Å²) in [6.07, 6.45) is 1.000. The van der Waals surface area contributed by atoms with Crippen molar-refractivity contribution in [1.29, 1.82) is 0 Å². The third kappa shape index (κ3) is 3.33. The Morgan fingerprint density at radius 1 is 1.29 bits per heavy atom. The maximum absolute atomic E-state index is 5.66. The van der Waals surface area contributed by atoms with Crippen molar-refractivity contribution < 1.29 is 4.74 Å². The highest BCUT2D eigenvalue weighted by molar-refractivity contribution is 5.58. The first-order chi connectivity index (χ1) is 10.4. The molecule has 2 N–H and O–H groups in total. The molecule has 1 saturated heterocycles. The van der Waals surface area contributed by atoms with E-state index in [1.807, 2.05) is 24.3 Å². The number of aromatic nitrogens is 3. The number of aromatic amines is 1. The smallest absolute Gasteiger partial charge is 0.245 e. The fraction of sp³-hybridized carbons (Fsp3) is 0.467. The topological polar surface area (TPSA) is 66.1 Å². The molecule has 0 aliphatic carbocycles. The number of hydrogen-bond donors (Lipinski definition) is 2. The second-order valence-corrected chi connectivity index (χ2v) is 5.10. The zero-order chi connectivity index (χ0) is 14.5. The number of nitrogens with one attached hydrogen (secondary N) is 2. The van der Waals surface area contributed by atoms with Crippen molar-refractivity contribution in [3.8, 4) is 17.1 Å². The summed E-state index contributed by atoms with van der Waals surface area (Å²) in [6.45, 7) is 6.66. The van der Waals surface area contributed by atoms with Crippen LogP contribution in [0.1, 0.15) is 13.3 Å². The average Bonchev–Trinajstić information content (AvgIpc) is 3.04. The summed E-state index contributed by atoms with van der Waals surface area (Å²) >= 11 is 0. The third-order valence-electron chi connectivity index (χ3n) is 3.45. The molecule has 112 valence electrons. The maximum atomic E-state index is 5.66. The average molecular weight is 287 g/mol. The normalized spacial score (nSPS) is 15.2. The van der Waals surface area contributed by atoms with Crippen molar-refractivity contribution in [2.75, 3.05) is 37.7 Å². The van der Waals surface area contributed by atoms with Crippen LogP contribution in [0.15, 0.2) is 24.3 Å². The van der Waals surface area contributed by atoms with Crippen LogP contribution in [0.3, 0.4) is 0 Å². The van der Waals surface area contributed by atoms with Gasteiger partial charge in [-0.25, -0.2) is 0 Å². The molecule has 1 aromatic heterocycles. The van der Waals surface area contributed by atoms with Crippen LogP contribution in [-0.2, 0) is 0 Å². The van der Waals surface area contributed by atoms with Gasteiger partial charge in [0.15, 0.2) is 5.82 Å². The van der Waals surface area contributed by atoms with Crippen LogP contribution in [0.4, 0.5) is 5.95 Å². The molecule has 1 aliphatic heterocycles. The molecule has 0 bridgehead atoms. The number of anilines is 1. The summed E-state index contributed by atoms with van der Waals surface area (Å²) in [5.74, 6) is 2.42. The lowest BCUT2D eigenvalue weighted by molar-refractivity contribution is 0.317. The highest BCUT2D eigenvalue weighted by Gasteiger charge is 2.15. The van der Waals surface area contributed by atoms with Crippen LogP contribution in [0.2, 0.25) is 0 Å². The van der Waals surface area contributed by atoms with E-state index in [2.05, 4.69) is 32.3 Å². The van der Waals surface area contributed by atoms with Crippen LogP contribution >= 0.6 is 0 Å². The Morgan fingerprint density at radius 3 is 2.95 bits per heavy atom. The second kappa shape index (κ2) is 6.58. The molecular formula is C15H21N5O. The molecule has 2 heterocycles. The van der Waals surface area contributed by atoms with Crippen molar-refractivity contribution in [3.63, 3.8) is 0 Å². The number of benzene rings is 1. The van der Waals surface area contributed by atoms with Gasteiger partial charge in [-0.15, -0.1) is 5.10 Å². The van der Waals surface area contributed by atoms with Crippen LogP contribution in [0.25, 0.3) is 11.4 Å². The van der Waals surface area contributed by atoms with Crippen molar-refractivity contribution in [3.05, 3.63) is 24.3 Å². The maximum Gasteiger partial charge on any atom is 0.245 e. The molecule has 2 aromatic rings. The van der Waals surface area contributed by atoms with E-state index in [1.54, 1.807) is 0 Å². The van der Waals surface area contributed by atoms with E-state index in [0.29, 0.717) is 0 Å². The summed E-state index contributed by atoms with van der Waals surface area (Å²) in [4.78, 5) is 6.79. The zero-order valence-electron chi connectivity index (χ0n) is 12.3. The molecule has 1 aromatic carbocycles. The Balaban J connectivity index is 1.76. The van der Waals surface area contributed by atoms with Gasteiger partial charge in [-0.2, -0.15) is 4.98 Å². The SMILES string of the molecule is CCCOc1cccc(-c2nc(N3CCNCC3)n[nH]2)c1. The molecule has 0 amide bonds. The first-order valence-electron chi connectivity index (χ1n) is 7.48. The van der Waals surface area contributed by atoms with E-state index in [-0.39, 0.29) is 0 Å². The van der Waals surface area contributed by atoms with Crippen LogP contribution in [0.5, 0.6) is 5.75 Å². The number of H-pyrrole nitrogens is 1. The van der Waals surface area contributed by atoms with Crippen LogP contribution in [0, 0.1) is 0 Å². The Hall–Kier alpha value is -2.08. The summed E-state index contributed by atoms with van der Waals surface area (Å²) < 4.78 is 5.66. The minimum absolute atomic E-state index is 0.728. The molecule has 1 aliphatic rings. The number of nitrogens with zero attached hydrogens (tertiary/aromatic N) is 3. The van der Waals surface area contributed by atoms with Gasteiger partial charge >= 0.3 is 0 Å². The number of hydrogen-bond acceptors (Lipinski definition) is 5. The van der Waals surface area contributed by atoms with E-state index in [1.165, 1.54) is 0 Å². The molecule has 1 fully saturated rings. The van der Waals surface area contributed by atoms with Crippen molar-refractivity contribution in [2.24, 2.45) is 0 Å². The van der Waals surface area contributed by atoms with E-state index < -0.39 is 0 Å². The van der Waals surface area contributed by atoms with Gasteiger partial charge in [0.1, 0.15) is 5.75 Å². The summed E-state index contributed by atoms with van der Waals surface area (Å²) in [6, 6.07) is 7.96. The van der Waals surface area contributed by atoms with E-state index in [0.717, 1.165) is 62.3 Å². The zero-order valence-corrected chi connectivity index (χ0v) is 12.3. The first-order valence-corrected chi connectivity index (χ1v) is 7.48. The Morgan fingerprint density at radius 2 is 2.14 bits per heavy atom. The molecule has 6 heteroatoms. The highest BCUT2D eigenvalue weighted by Crippen LogP contribution is 2.22. The first kappa shape index (κ1) is 13.9. The standard InChI is InChI=1S/C15H21N5O/c1-2-10-21-13-5-3-4-12(11-13)14-17-15(19-18-14)20-8-6-16-7-9-20/h3-5,11,16H,2,6-10H2,1H3,(H,17,18,19). The second-order valence-electron chi connectivity index (χ2n) is 5.10. The van der Waals surface area contributed by atoms with Crippen LogP contribution in [-0.4, -0.2) is 48.0 Å². The summed E-state index contributed by atoms with van der Waals surface area (Å²) in [5.41, 5.74) is 0.998. The number of ether oxygens (including phenoxy) is 1. The molecule has 21 heavy (non-hydrogen) atoms. The fourth-order valence-electron chi connectivity index (χ4n) is 2.34. The van der Waals surface area contributed by atoms with Gasteiger partial charge in [-0.05, 0) is 18.6 Å². The van der Waals surface area contributed by atoms with E-state index in [9.17, 15) is 0 Å². The van der Waals surface area contributed by atoms with Gasteiger partial charge in [0.2, 0.25) is 5.95 Å². The number of rotatable bonds is 5. The summed E-state index contributed by atoms with van der Waals surface area (Å²) in [5, 5.41) is 10.7. The van der Waals surface area contributed by atoms with Gasteiger partial charge < -0.3 is 15.0 Å². The monoisotopic (exact) mass is 287 g/mol. The molecule has 0 saturated carbocycles. The van der Waals surface area contributed by atoms with Gasteiger partial charge in [0.05, 0.1) is 6.61 Å². The Bertz CT molecular complexity index is 577. The quantitative estimate of drug-likeness (QED) is 0.875. The third-order valence-corrected chi connectivity index (χ3v) is 3.45. The molecule has 0 unspecified atom stereocenters. The number of piperazine rings is 1. The molecule has 6 nitrogen and oxygen atoms in total. The van der Waals surface area contributed by atoms with Crippen LogP contribution < -0.4 is 15.0 Å². The Labute approximate surface area is 124 Å². The molecular weight excluding hydrogens is 266 g/mol. The highest BCUT2D eigenvalue weighted by atomic mass is 16.5. The minimum atomic E-state index is 0.728. The largest absolute Gasteiger partial charge is 0.494 e. The van der Waals surface area contributed by atoms with Gasteiger partial charge in [0.25, 0.3) is 0 Å². The van der Waals surface area contributed by atoms with Crippen molar-refractivity contribution in [1.82, 2.24) is 20.5 Å². The van der Waals surface area contributed by atoms with Gasteiger partial charge in [-0.3, -0.25) is 5.10 Å². The van der Waals surface area contributed by atoms with Crippen molar-refractivity contribution in [2.45, 2.75) is 13.3 Å². The summed E-state index contributed by atoms with van der Waals surface area (Å²) in [7, 11) is 0. The molecule has 3 rings (SSSR count). The Kier molecular flexibility index (Phi) is 4.35. The van der Waals surface area contributed by atoms with Gasteiger partial charge in [-0.1, -0.05) is 19.1 Å². The molecule has 0 atom stereocenters. The lowest BCUT2D eigenvalue weighted by atomic mass is 10.2. The fourth-order valence-corrected chi connectivity index (χ4v) is 2.34. The van der Waals surface area contributed by atoms with Crippen molar-refractivity contribution >= 4 is 5.95 Å². The lowest BCUT2D eigenvalue weighted by Gasteiger charge is -2.25. The predicted octanol–water partition coefficient (Wildman–Crippen LogP) is 1.67. The minimum Gasteiger partial charge on any atom is -0.494 e. The van der Waals surface area contributed by atoms with Gasteiger partial charge in [0, 0.05) is 31.7 Å². The van der Waals surface area contributed by atoms with E-state index in [4.69, 9.17) is 4.74 Å².